The Balaban J connectivity index is 1.93. The standard InChI is InChI=1S/C14H18N2O5/c1-8-9(5-6-21-8)7-15-14(20)16-11-4-2-3-10(12(11)17)13(18)19/h2-4,8-9,17H,5-7H2,1H3,(H,18,19)(H2,15,16,20). The predicted octanol–water partition coefficient (Wildman–Crippen LogP) is 1.64. The maximum Gasteiger partial charge on any atom is 0.339 e. The van der Waals surface area contributed by atoms with Gasteiger partial charge in [0.15, 0.2) is 5.75 Å². The number of carboxylic acids is 1. The maximum atomic E-state index is 11.8. The van der Waals surface area contributed by atoms with Crippen molar-refractivity contribution in [2.45, 2.75) is 19.4 Å². The summed E-state index contributed by atoms with van der Waals surface area (Å²) in [6.07, 6.45) is 0.996. The summed E-state index contributed by atoms with van der Waals surface area (Å²) >= 11 is 0. The minimum Gasteiger partial charge on any atom is -0.505 e. The number of hydrogen-bond donors (Lipinski definition) is 4. The quantitative estimate of drug-likeness (QED) is 0.631. The van der Waals surface area contributed by atoms with Crippen LogP contribution in [0, 0.1) is 5.92 Å². The molecule has 1 fully saturated rings. The number of para-hydroxylation sites is 1. The van der Waals surface area contributed by atoms with Crippen molar-refractivity contribution in [2.24, 2.45) is 5.92 Å². The van der Waals surface area contributed by atoms with Crippen LogP contribution in [0.2, 0.25) is 0 Å². The molecule has 21 heavy (non-hydrogen) atoms. The molecule has 1 aromatic rings. The molecule has 0 bridgehead atoms. The zero-order chi connectivity index (χ0) is 15.4. The summed E-state index contributed by atoms with van der Waals surface area (Å²) in [7, 11) is 0. The molecule has 2 atom stereocenters. The molecule has 0 saturated carbocycles. The van der Waals surface area contributed by atoms with E-state index in [0.717, 1.165) is 6.42 Å². The minimum absolute atomic E-state index is 0.0584. The molecule has 0 aliphatic carbocycles. The number of nitrogens with one attached hydrogen (secondary N) is 2. The summed E-state index contributed by atoms with van der Waals surface area (Å²) in [6.45, 7) is 3.11. The summed E-state index contributed by atoms with van der Waals surface area (Å²) in [5.41, 5.74) is -0.200. The van der Waals surface area contributed by atoms with Crippen LogP contribution in [0.4, 0.5) is 10.5 Å². The molecule has 1 saturated heterocycles. The number of rotatable bonds is 4. The van der Waals surface area contributed by atoms with Gasteiger partial charge in [0.25, 0.3) is 0 Å². The van der Waals surface area contributed by atoms with Gasteiger partial charge in [0.2, 0.25) is 0 Å². The maximum absolute atomic E-state index is 11.8. The Kier molecular flexibility index (Phi) is 4.64. The summed E-state index contributed by atoms with van der Waals surface area (Å²) in [5.74, 6) is -1.46. The first-order chi connectivity index (χ1) is 9.99. The van der Waals surface area contributed by atoms with E-state index in [1.165, 1.54) is 18.2 Å². The van der Waals surface area contributed by atoms with E-state index in [-0.39, 0.29) is 23.3 Å². The molecular formula is C14H18N2O5. The first-order valence-electron chi connectivity index (χ1n) is 6.70. The molecule has 0 spiro atoms. The van der Waals surface area contributed by atoms with E-state index in [9.17, 15) is 14.7 Å². The van der Waals surface area contributed by atoms with Gasteiger partial charge < -0.3 is 25.6 Å². The third kappa shape index (κ3) is 3.63. The average molecular weight is 294 g/mol. The second-order valence-corrected chi connectivity index (χ2v) is 4.97. The lowest BCUT2D eigenvalue weighted by Gasteiger charge is -2.15. The summed E-state index contributed by atoms with van der Waals surface area (Å²) in [6, 6.07) is 3.65. The Morgan fingerprint density at radius 1 is 1.43 bits per heavy atom. The van der Waals surface area contributed by atoms with Gasteiger partial charge in [-0.2, -0.15) is 0 Å². The number of benzene rings is 1. The van der Waals surface area contributed by atoms with Crippen LogP contribution >= 0.6 is 0 Å². The van der Waals surface area contributed by atoms with E-state index in [2.05, 4.69) is 10.6 Å². The van der Waals surface area contributed by atoms with Crippen molar-refractivity contribution < 1.29 is 24.5 Å². The fourth-order valence-corrected chi connectivity index (χ4v) is 2.25. The Morgan fingerprint density at radius 2 is 2.19 bits per heavy atom. The first kappa shape index (κ1) is 15.1. The van der Waals surface area contributed by atoms with Crippen LogP contribution in [-0.2, 0) is 4.74 Å². The van der Waals surface area contributed by atoms with Gasteiger partial charge in [-0.3, -0.25) is 0 Å². The van der Waals surface area contributed by atoms with E-state index >= 15 is 0 Å². The highest BCUT2D eigenvalue weighted by Gasteiger charge is 2.24. The molecule has 2 rings (SSSR count). The highest BCUT2D eigenvalue weighted by atomic mass is 16.5. The largest absolute Gasteiger partial charge is 0.505 e. The van der Waals surface area contributed by atoms with Gasteiger partial charge in [-0.15, -0.1) is 0 Å². The lowest BCUT2D eigenvalue weighted by molar-refractivity contribution is 0.0693. The molecule has 1 heterocycles. The van der Waals surface area contributed by atoms with Crippen LogP contribution in [-0.4, -0.2) is 41.5 Å². The van der Waals surface area contributed by atoms with Gasteiger partial charge in [-0.1, -0.05) is 6.07 Å². The normalized spacial score (nSPS) is 21.0. The van der Waals surface area contributed by atoms with Crippen molar-refractivity contribution in [1.29, 1.82) is 0 Å². The van der Waals surface area contributed by atoms with Crippen LogP contribution in [0.3, 0.4) is 0 Å². The molecule has 114 valence electrons. The monoisotopic (exact) mass is 294 g/mol. The fourth-order valence-electron chi connectivity index (χ4n) is 2.25. The zero-order valence-electron chi connectivity index (χ0n) is 11.6. The molecule has 2 amide bonds. The van der Waals surface area contributed by atoms with Crippen molar-refractivity contribution >= 4 is 17.7 Å². The molecule has 7 heteroatoms. The minimum atomic E-state index is -1.26. The second-order valence-electron chi connectivity index (χ2n) is 4.97. The van der Waals surface area contributed by atoms with Crippen LogP contribution in [0.1, 0.15) is 23.7 Å². The molecule has 1 aliphatic heterocycles. The number of urea groups is 1. The number of carbonyl (C=O) groups is 2. The number of aromatic carboxylic acids is 1. The lowest BCUT2D eigenvalue weighted by atomic mass is 10.0. The third-order valence-corrected chi connectivity index (χ3v) is 3.57. The van der Waals surface area contributed by atoms with Gasteiger partial charge in [0, 0.05) is 19.1 Å². The van der Waals surface area contributed by atoms with E-state index in [0.29, 0.717) is 13.2 Å². The van der Waals surface area contributed by atoms with Crippen LogP contribution in [0.25, 0.3) is 0 Å². The molecule has 7 nitrogen and oxygen atoms in total. The smallest absolute Gasteiger partial charge is 0.339 e. The van der Waals surface area contributed by atoms with Crippen molar-refractivity contribution in [1.82, 2.24) is 5.32 Å². The number of carboxylic acid groups (broad SMARTS) is 1. The van der Waals surface area contributed by atoms with E-state index < -0.39 is 17.7 Å². The van der Waals surface area contributed by atoms with Crippen LogP contribution < -0.4 is 10.6 Å². The molecule has 0 radical (unpaired) electrons. The fraction of sp³-hybridized carbons (Fsp3) is 0.429. The number of aromatic hydroxyl groups is 1. The Morgan fingerprint density at radius 3 is 2.81 bits per heavy atom. The van der Waals surface area contributed by atoms with Gasteiger partial charge in [0.05, 0.1) is 11.8 Å². The van der Waals surface area contributed by atoms with Crippen molar-refractivity contribution in [2.75, 3.05) is 18.5 Å². The number of carbonyl (C=O) groups excluding carboxylic acids is 1. The van der Waals surface area contributed by atoms with Crippen LogP contribution in [0.15, 0.2) is 18.2 Å². The summed E-state index contributed by atoms with van der Waals surface area (Å²) < 4.78 is 5.40. The number of ether oxygens (including phenoxy) is 1. The van der Waals surface area contributed by atoms with Crippen LogP contribution in [0.5, 0.6) is 5.75 Å². The number of phenols is 1. The summed E-state index contributed by atoms with van der Waals surface area (Å²) in [4.78, 5) is 22.7. The zero-order valence-corrected chi connectivity index (χ0v) is 11.6. The Bertz CT molecular complexity index is 546. The lowest BCUT2D eigenvalue weighted by Crippen LogP contribution is -2.35. The Labute approximate surface area is 121 Å². The van der Waals surface area contributed by atoms with Crippen molar-refractivity contribution in [3.05, 3.63) is 23.8 Å². The number of hydrogen-bond acceptors (Lipinski definition) is 4. The van der Waals surface area contributed by atoms with Gasteiger partial charge in [-0.25, -0.2) is 9.59 Å². The third-order valence-electron chi connectivity index (χ3n) is 3.57. The molecule has 0 aromatic heterocycles. The van der Waals surface area contributed by atoms with Crippen molar-refractivity contribution in [3.63, 3.8) is 0 Å². The highest BCUT2D eigenvalue weighted by Crippen LogP contribution is 2.27. The molecule has 4 N–H and O–H groups in total. The topological polar surface area (TPSA) is 108 Å². The SMILES string of the molecule is CC1OCCC1CNC(=O)Nc1cccc(C(=O)O)c1O. The van der Waals surface area contributed by atoms with E-state index in [1.807, 2.05) is 6.92 Å². The molecule has 2 unspecified atom stereocenters. The molecular weight excluding hydrogens is 276 g/mol. The van der Waals surface area contributed by atoms with Gasteiger partial charge in [-0.05, 0) is 25.5 Å². The van der Waals surface area contributed by atoms with Gasteiger partial charge in [0.1, 0.15) is 5.56 Å². The molecule has 1 aromatic carbocycles. The second kappa shape index (κ2) is 6.45. The van der Waals surface area contributed by atoms with E-state index in [1.54, 1.807) is 0 Å². The number of anilines is 1. The van der Waals surface area contributed by atoms with Gasteiger partial charge >= 0.3 is 12.0 Å². The van der Waals surface area contributed by atoms with Crippen molar-refractivity contribution in [3.8, 4) is 5.75 Å². The average Bonchev–Trinajstić information content (AvgIpc) is 2.84. The highest BCUT2D eigenvalue weighted by molar-refractivity contribution is 5.97. The summed E-state index contributed by atoms with van der Waals surface area (Å²) in [5, 5.41) is 23.8. The molecule has 1 aliphatic rings. The van der Waals surface area contributed by atoms with E-state index in [4.69, 9.17) is 9.84 Å². The Hall–Kier alpha value is -2.28. The first-order valence-corrected chi connectivity index (χ1v) is 6.70. The predicted molar refractivity (Wildman–Crippen MR) is 75.6 cm³/mol. The number of amides is 2.